The quantitative estimate of drug-likeness (QED) is 0.810. The van der Waals surface area contributed by atoms with E-state index >= 15 is 0 Å². The van der Waals surface area contributed by atoms with E-state index in [0.29, 0.717) is 5.56 Å². The van der Waals surface area contributed by atoms with Crippen molar-refractivity contribution in [3.05, 3.63) is 51.3 Å². The van der Waals surface area contributed by atoms with Crippen LogP contribution < -0.4 is 10.5 Å². The Morgan fingerprint density at radius 2 is 2.04 bits per heavy atom. The number of aromatic amines is 1. The molecule has 1 saturated heterocycles. The van der Waals surface area contributed by atoms with Gasteiger partial charge in [-0.15, -0.1) is 0 Å². The van der Waals surface area contributed by atoms with Crippen molar-refractivity contribution in [3.63, 3.8) is 0 Å². The number of Topliss-reactive ketones (excluding diaryl/α,β-unsaturated/α-hetero) is 1. The van der Waals surface area contributed by atoms with Gasteiger partial charge in [-0.25, -0.2) is 9.97 Å². The van der Waals surface area contributed by atoms with Crippen molar-refractivity contribution in [1.29, 1.82) is 0 Å². The Labute approximate surface area is 165 Å². The minimum Gasteiger partial charge on any atom is -0.356 e. The van der Waals surface area contributed by atoms with Crippen LogP contribution in [-0.4, -0.2) is 33.8 Å². The van der Waals surface area contributed by atoms with Crippen LogP contribution >= 0.6 is 0 Å². The van der Waals surface area contributed by atoms with Crippen molar-refractivity contribution in [3.8, 4) is 0 Å². The highest BCUT2D eigenvalue weighted by molar-refractivity contribution is 5.93. The third kappa shape index (κ3) is 3.15. The number of nitrogens with one attached hydrogen (secondary N) is 1. The lowest BCUT2D eigenvalue weighted by molar-refractivity contribution is 0.101. The van der Waals surface area contributed by atoms with Crippen LogP contribution in [0.3, 0.4) is 0 Å². The van der Waals surface area contributed by atoms with Crippen molar-refractivity contribution in [2.45, 2.75) is 64.2 Å². The summed E-state index contributed by atoms with van der Waals surface area (Å²) < 4.78 is 0. The Morgan fingerprint density at radius 1 is 1.25 bits per heavy atom. The highest BCUT2D eigenvalue weighted by Gasteiger charge is 2.45. The van der Waals surface area contributed by atoms with Gasteiger partial charge in [-0.3, -0.25) is 9.59 Å². The maximum atomic E-state index is 12.7. The molecule has 0 amide bonds. The van der Waals surface area contributed by atoms with Gasteiger partial charge in [0, 0.05) is 41.2 Å². The number of hydrogen-bond acceptors (Lipinski definition) is 5. The first-order chi connectivity index (χ1) is 13.2. The number of pyridine rings is 1. The van der Waals surface area contributed by atoms with Crippen LogP contribution in [0.5, 0.6) is 0 Å². The Bertz CT molecular complexity index is 972. The maximum Gasteiger partial charge on any atom is 0.254 e. The van der Waals surface area contributed by atoms with E-state index in [-0.39, 0.29) is 22.2 Å². The van der Waals surface area contributed by atoms with Gasteiger partial charge in [-0.1, -0.05) is 20.8 Å². The first kappa shape index (κ1) is 18.8. The van der Waals surface area contributed by atoms with Crippen LogP contribution in [0.15, 0.2) is 23.1 Å². The summed E-state index contributed by atoms with van der Waals surface area (Å²) >= 11 is 0. The fourth-order valence-corrected chi connectivity index (χ4v) is 4.51. The summed E-state index contributed by atoms with van der Waals surface area (Å²) in [6, 6.07) is 3.77. The van der Waals surface area contributed by atoms with E-state index in [9.17, 15) is 9.59 Å². The summed E-state index contributed by atoms with van der Waals surface area (Å²) in [6.45, 7) is 9.52. The second-order valence-electron chi connectivity index (χ2n) is 9.26. The Hall–Kier alpha value is -2.50. The van der Waals surface area contributed by atoms with Crippen LogP contribution in [0.1, 0.15) is 74.4 Å². The molecule has 2 aromatic heterocycles. The summed E-state index contributed by atoms with van der Waals surface area (Å²) in [6.07, 6.45) is 5.47. The topological polar surface area (TPSA) is 79.0 Å². The Morgan fingerprint density at radius 3 is 2.68 bits per heavy atom. The number of piperidine rings is 1. The van der Waals surface area contributed by atoms with Crippen LogP contribution in [0, 0.1) is 0 Å². The molecule has 148 valence electrons. The maximum absolute atomic E-state index is 12.7. The van der Waals surface area contributed by atoms with Gasteiger partial charge >= 0.3 is 0 Å². The van der Waals surface area contributed by atoms with Crippen molar-refractivity contribution in [1.82, 2.24) is 15.0 Å². The first-order valence-electron chi connectivity index (χ1n) is 10.1. The zero-order valence-electron chi connectivity index (χ0n) is 17.1. The van der Waals surface area contributed by atoms with E-state index < -0.39 is 0 Å². The van der Waals surface area contributed by atoms with Gasteiger partial charge in [0.2, 0.25) is 0 Å². The number of carbonyl (C=O) groups excluding carboxylic acids is 1. The van der Waals surface area contributed by atoms with Crippen LogP contribution in [-0.2, 0) is 17.3 Å². The molecule has 1 spiro atoms. The van der Waals surface area contributed by atoms with Gasteiger partial charge in [-0.05, 0) is 44.7 Å². The van der Waals surface area contributed by atoms with Gasteiger partial charge in [0.25, 0.3) is 5.56 Å². The average Bonchev–Trinajstić information content (AvgIpc) is 3.00. The minimum atomic E-state index is -0.198. The molecule has 0 bridgehead atoms. The van der Waals surface area contributed by atoms with E-state index in [4.69, 9.17) is 4.98 Å². The molecule has 1 aliphatic heterocycles. The number of rotatable bonds is 2. The number of anilines is 1. The van der Waals surface area contributed by atoms with Crippen molar-refractivity contribution < 1.29 is 4.79 Å². The monoisotopic (exact) mass is 380 g/mol. The minimum absolute atomic E-state index is 0.0212. The highest BCUT2D eigenvalue weighted by Crippen LogP contribution is 2.44. The second-order valence-corrected chi connectivity index (χ2v) is 9.26. The molecule has 4 rings (SSSR count). The molecule has 1 fully saturated rings. The standard InChI is InChI=1S/C22H28N4O2/c1-14(27)15-6-7-17(23-12-15)26-11-5-9-22(13-26)10-8-16-18(22)24-20(21(2,3)4)25-19(16)28/h6-7,12H,5,8-11,13H2,1-4H3,(H,24,25,28). The summed E-state index contributed by atoms with van der Waals surface area (Å²) in [5.41, 5.74) is 2.21. The van der Waals surface area contributed by atoms with Gasteiger partial charge in [0.05, 0.1) is 5.69 Å². The van der Waals surface area contributed by atoms with E-state index in [1.165, 1.54) is 0 Å². The number of carbonyl (C=O) groups is 1. The molecule has 1 atom stereocenters. The molecule has 2 aromatic rings. The molecule has 6 nitrogen and oxygen atoms in total. The zero-order chi connectivity index (χ0) is 20.1. The summed E-state index contributed by atoms with van der Waals surface area (Å²) in [7, 11) is 0. The van der Waals surface area contributed by atoms with Crippen molar-refractivity contribution in [2.24, 2.45) is 0 Å². The van der Waals surface area contributed by atoms with E-state index in [1.54, 1.807) is 13.1 Å². The third-order valence-electron chi connectivity index (χ3n) is 6.14. The molecule has 6 heteroatoms. The zero-order valence-corrected chi connectivity index (χ0v) is 17.1. The number of H-pyrrole nitrogens is 1. The number of ketones is 1. The van der Waals surface area contributed by atoms with Crippen molar-refractivity contribution in [2.75, 3.05) is 18.0 Å². The molecule has 28 heavy (non-hydrogen) atoms. The predicted molar refractivity (Wildman–Crippen MR) is 109 cm³/mol. The molecule has 1 aliphatic carbocycles. The highest BCUT2D eigenvalue weighted by atomic mass is 16.1. The lowest BCUT2D eigenvalue weighted by atomic mass is 9.77. The molecule has 1 unspecified atom stereocenters. The van der Waals surface area contributed by atoms with Gasteiger partial charge < -0.3 is 9.88 Å². The Kier molecular flexibility index (Phi) is 4.40. The SMILES string of the molecule is CC(=O)c1ccc(N2CCCC3(CCc4c3nc(C(C)(C)C)[nH]c4=O)C2)nc1. The lowest BCUT2D eigenvalue weighted by Gasteiger charge is -2.41. The van der Waals surface area contributed by atoms with E-state index in [1.807, 2.05) is 12.1 Å². The molecule has 0 saturated carbocycles. The van der Waals surface area contributed by atoms with Gasteiger partial charge in [0.1, 0.15) is 11.6 Å². The predicted octanol–water partition coefficient (Wildman–Crippen LogP) is 3.15. The largest absolute Gasteiger partial charge is 0.356 e. The Balaban J connectivity index is 1.70. The molecule has 0 radical (unpaired) electrons. The summed E-state index contributed by atoms with van der Waals surface area (Å²) in [5.74, 6) is 1.68. The van der Waals surface area contributed by atoms with Crippen LogP contribution in [0.2, 0.25) is 0 Å². The average molecular weight is 380 g/mol. The number of nitrogens with zero attached hydrogens (tertiary/aromatic N) is 3. The van der Waals surface area contributed by atoms with E-state index in [2.05, 4.69) is 35.6 Å². The number of fused-ring (bicyclic) bond motifs is 2. The fourth-order valence-electron chi connectivity index (χ4n) is 4.51. The van der Waals surface area contributed by atoms with Crippen molar-refractivity contribution >= 4 is 11.6 Å². The smallest absolute Gasteiger partial charge is 0.254 e. The summed E-state index contributed by atoms with van der Waals surface area (Å²) in [5, 5.41) is 0. The molecule has 1 N–H and O–H groups in total. The molecule has 0 aromatic carbocycles. The van der Waals surface area contributed by atoms with Crippen LogP contribution in [0.25, 0.3) is 0 Å². The molecular formula is C22H28N4O2. The fraction of sp³-hybridized carbons (Fsp3) is 0.545. The van der Waals surface area contributed by atoms with E-state index in [0.717, 1.165) is 61.7 Å². The normalized spacial score (nSPS) is 21.8. The third-order valence-corrected chi connectivity index (χ3v) is 6.14. The number of aromatic nitrogens is 3. The lowest BCUT2D eigenvalue weighted by Crippen LogP contribution is -2.46. The molecule has 3 heterocycles. The van der Waals surface area contributed by atoms with Gasteiger partial charge in [0.15, 0.2) is 5.78 Å². The second kappa shape index (κ2) is 6.54. The summed E-state index contributed by atoms with van der Waals surface area (Å²) in [4.78, 5) is 39.0. The van der Waals surface area contributed by atoms with Crippen LogP contribution in [0.4, 0.5) is 5.82 Å². The van der Waals surface area contributed by atoms with Gasteiger partial charge in [-0.2, -0.15) is 0 Å². The molecular weight excluding hydrogens is 352 g/mol. The number of hydrogen-bond donors (Lipinski definition) is 1. The first-order valence-corrected chi connectivity index (χ1v) is 10.1. The molecule has 2 aliphatic rings.